The molecule has 0 N–H and O–H groups in total. The molecule has 3 aromatic heterocycles. The lowest BCUT2D eigenvalue weighted by Gasteiger charge is -2.18. The summed E-state index contributed by atoms with van der Waals surface area (Å²) in [5.41, 5.74) is 8.52. The molecule has 4 heteroatoms. The summed E-state index contributed by atoms with van der Waals surface area (Å²) >= 11 is 0. The van der Waals surface area contributed by atoms with Crippen LogP contribution in [0.5, 0.6) is 0 Å². The Kier molecular flexibility index (Phi) is 5.25. The fourth-order valence-electron chi connectivity index (χ4n) is 7.36. The van der Waals surface area contributed by atoms with Gasteiger partial charge in [-0.05, 0) is 71.9 Å². The van der Waals surface area contributed by atoms with Gasteiger partial charge in [0.25, 0.3) is 0 Å². The highest BCUT2D eigenvalue weighted by Gasteiger charge is 2.17. The Hall–Kier alpha value is -6.26. The summed E-state index contributed by atoms with van der Waals surface area (Å²) in [7, 11) is 0. The van der Waals surface area contributed by atoms with Crippen molar-refractivity contribution in [1.29, 1.82) is 0 Å². The van der Waals surface area contributed by atoms with Crippen LogP contribution < -0.4 is 0 Å². The molecule has 0 aliphatic rings. The highest BCUT2D eigenvalue weighted by atomic mass is 14.8. The van der Waals surface area contributed by atoms with Gasteiger partial charge < -0.3 is 0 Å². The maximum Gasteiger partial charge on any atom is 0.115 e. The zero-order chi connectivity index (χ0) is 30.2. The lowest BCUT2D eigenvalue weighted by molar-refractivity contribution is 1.17. The number of rotatable bonds is 3. The van der Waals surface area contributed by atoms with E-state index in [9.17, 15) is 0 Å². The summed E-state index contributed by atoms with van der Waals surface area (Å²) in [6.45, 7) is 0. The van der Waals surface area contributed by atoms with Gasteiger partial charge in [-0.25, -0.2) is 15.0 Å². The molecule has 10 rings (SSSR count). The molecular weight excluding hydrogens is 560 g/mol. The van der Waals surface area contributed by atoms with Gasteiger partial charge in [-0.1, -0.05) is 109 Å². The van der Waals surface area contributed by atoms with E-state index in [4.69, 9.17) is 4.98 Å². The van der Waals surface area contributed by atoms with Crippen molar-refractivity contribution >= 4 is 64.9 Å². The Morgan fingerprint density at radius 2 is 0.957 bits per heavy atom. The number of aromatic nitrogens is 4. The first kappa shape index (κ1) is 25.1. The number of fused-ring (bicyclic) bond motifs is 4. The van der Waals surface area contributed by atoms with Gasteiger partial charge in [0.1, 0.15) is 6.33 Å². The van der Waals surface area contributed by atoms with Crippen molar-refractivity contribution in [2.75, 3.05) is 0 Å². The molecule has 0 atom stereocenters. The summed E-state index contributed by atoms with van der Waals surface area (Å²) < 4.78 is 0. The van der Waals surface area contributed by atoms with Crippen LogP contribution in [0.1, 0.15) is 0 Å². The third-order valence-corrected chi connectivity index (χ3v) is 9.46. The standard InChI is InChI=1S/C42H24N4/c1-2-6-32-31(5-1)33(18-19-35(32)38-20-13-28-8-7-27-4-3-21-45-41(27)42(28)46-38)34-15-10-26-11-16-36-30(29-22-43-24-44-23-29)14-9-25-12-17-37(34)40(26)39(25)36/h1-24H. The Morgan fingerprint density at radius 1 is 0.391 bits per heavy atom. The van der Waals surface area contributed by atoms with Gasteiger partial charge in [-0.15, -0.1) is 0 Å². The average molecular weight is 585 g/mol. The summed E-state index contributed by atoms with van der Waals surface area (Å²) in [5.74, 6) is 0. The van der Waals surface area contributed by atoms with Gasteiger partial charge in [0.05, 0.1) is 16.7 Å². The molecule has 7 aromatic carbocycles. The average Bonchev–Trinajstić information content (AvgIpc) is 3.13. The fraction of sp³-hybridized carbons (Fsp3) is 0. The first-order valence-electron chi connectivity index (χ1n) is 15.4. The van der Waals surface area contributed by atoms with Crippen molar-refractivity contribution in [2.45, 2.75) is 0 Å². The zero-order valence-corrected chi connectivity index (χ0v) is 24.6. The van der Waals surface area contributed by atoms with Crippen LogP contribution in [0.2, 0.25) is 0 Å². The number of nitrogens with zero attached hydrogens (tertiary/aromatic N) is 4. The maximum absolute atomic E-state index is 5.19. The highest BCUT2D eigenvalue weighted by Crippen LogP contribution is 2.44. The van der Waals surface area contributed by atoms with Gasteiger partial charge >= 0.3 is 0 Å². The van der Waals surface area contributed by atoms with Crippen LogP contribution in [0, 0.1) is 0 Å². The molecule has 0 bridgehead atoms. The van der Waals surface area contributed by atoms with E-state index in [2.05, 4.69) is 130 Å². The van der Waals surface area contributed by atoms with Crippen LogP contribution in [0.3, 0.4) is 0 Å². The van der Waals surface area contributed by atoms with Crippen LogP contribution in [0.4, 0.5) is 0 Å². The van der Waals surface area contributed by atoms with E-state index in [1.807, 2.05) is 24.7 Å². The Labute approximate surface area is 264 Å². The van der Waals surface area contributed by atoms with Gasteiger partial charge in [0.2, 0.25) is 0 Å². The van der Waals surface area contributed by atoms with E-state index in [1.54, 1.807) is 6.33 Å². The minimum Gasteiger partial charge on any atom is -0.254 e. The molecule has 0 fully saturated rings. The first-order chi connectivity index (χ1) is 22.8. The largest absolute Gasteiger partial charge is 0.254 e. The molecule has 3 heterocycles. The first-order valence-corrected chi connectivity index (χ1v) is 15.4. The zero-order valence-electron chi connectivity index (χ0n) is 24.6. The molecule has 0 unspecified atom stereocenters. The predicted molar refractivity (Wildman–Crippen MR) is 190 cm³/mol. The third-order valence-electron chi connectivity index (χ3n) is 9.46. The Bertz CT molecular complexity index is 2810. The monoisotopic (exact) mass is 584 g/mol. The van der Waals surface area contributed by atoms with E-state index in [0.717, 1.165) is 44.2 Å². The molecule has 0 amide bonds. The van der Waals surface area contributed by atoms with Crippen molar-refractivity contribution < 1.29 is 0 Å². The minimum atomic E-state index is 0.928. The molecule has 212 valence electrons. The van der Waals surface area contributed by atoms with Crippen molar-refractivity contribution in [1.82, 2.24) is 19.9 Å². The summed E-state index contributed by atoms with van der Waals surface area (Å²) in [5, 5.41) is 12.1. The predicted octanol–water partition coefficient (Wildman–Crippen LogP) is 10.6. The summed E-state index contributed by atoms with van der Waals surface area (Å²) in [4.78, 5) is 18.5. The topological polar surface area (TPSA) is 51.6 Å². The number of pyridine rings is 2. The fourth-order valence-corrected chi connectivity index (χ4v) is 7.36. The normalized spacial score (nSPS) is 11.9. The molecule has 0 saturated heterocycles. The molecule has 0 radical (unpaired) electrons. The van der Waals surface area contributed by atoms with E-state index in [-0.39, 0.29) is 0 Å². The second kappa shape index (κ2) is 9.62. The van der Waals surface area contributed by atoms with Crippen molar-refractivity contribution in [3.63, 3.8) is 0 Å². The van der Waals surface area contributed by atoms with Crippen LogP contribution in [0.15, 0.2) is 146 Å². The van der Waals surface area contributed by atoms with Crippen molar-refractivity contribution in [3.05, 3.63) is 146 Å². The smallest absolute Gasteiger partial charge is 0.115 e. The molecule has 46 heavy (non-hydrogen) atoms. The van der Waals surface area contributed by atoms with Crippen LogP contribution in [0.25, 0.3) is 98.4 Å². The second-order valence-corrected chi connectivity index (χ2v) is 11.9. The molecule has 4 nitrogen and oxygen atoms in total. The van der Waals surface area contributed by atoms with Crippen molar-refractivity contribution in [3.8, 4) is 33.5 Å². The lowest BCUT2D eigenvalue weighted by Crippen LogP contribution is -1.92. The van der Waals surface area contributed by atoms with Gasteiger partial charge in [0.15, 0.2) is 0 Å². The SMILES string of the molecule is c1cnc2c(c1)ccc1ccc(-c3ccc(-c4ccc5ccc6c(-c7cncnc7)ccc7ccc4c5c76)c4ccccc34)nc12. The Morgan fingerprint density at radius 3 is 1.74 bits per heavy atom. The van der Waals surface area contributed by atoms with Gasteiger partial charge in [-0.3, -0.25) is 4.98 Å². The molecule has 0 aliphatic carbocycles. The molecule has 0 spiro atoms. The molecule has 0 saturated carbocycles. The number of hydrogen-bond acceptors (Lipinski definition) is 4. The van der Waals surface area contributed by atoms with E-state index in [0.29, 0.717) is 0 Å². The quantitative estimate of drug-likeness (QED) is 0.194. The van der Waals surface area contributed by atoms with E-state index >= 15 is 0 Å². The summed E-state index contributed by atoms with van der Waals surface area (Å²) in [6.07, 6.45) is 7.20. The number of benzene rings is 7. The molecule has 10 aromatic rings. The van der Waals surface area contributed by atoms with Crippen LogP contribution in [-0.4, -0.2) is 19.9 Å². The van der Waals surface area contributed by atoms with Gasteiger partial charge in [-0.2, -0.15) is 0 Å². The van der Waals surface area contributed by atoms with Crippen molar-refractivity contribution in [2.24, 2.45) is 0 Å². The minimum absolute atomic E-state index is 0.928. The van der Waals surface area contributed by atoms with E-state index < -0.39 is 0 Å². The van der Waals surface area contributed by atoms with Crippen LogP contribution >= 0.6 is 0 Å². The van der Waals surface area contributed by atoms with Crippen LogP contribution in [-0.2, 0) is 0 Å². The highest BCUT2D eigenvalue weighted by molar-refractivity contribution is 6.28. The number of hydrogen-bond donors (Lipinski definition) is 0. The third kappa shape index (κ3) is 3.61. The summed E-state index contributed by atoms with van der Waals surface area (Å²) in [6, 6.07) is 43.8. The molecular formula is C42H24N4. The maximum atomic E-state index is 5.19. The lowest BCUT2D eigenvalue weighted by atomic mass is 9.86. The van der Waals surface area contributed by atoms with E-state index in [1.165, 1.54) is 54.2 Å². The van der Waals surface area contributed by atoms with Gasteiger partial charge in [0, 0.05) is 40.5 Å². The second-order valence-electron chi connectivity index (χ2n) is 11.9. The Balaban J connectivity index is 1.21. The molecule has 0 aliphatic heterocycles.